The summed E-state index contributed by atoms with van der Waals surface area (Å²) in [5, 5.41) is 5.45. The first-order valence-corrected chi connectivity index (χ1v) is 7.25. The van der Waals surface area contributed by atoms with Crippen LogP contribution in [0.15, 0.2) is 23.6 Å². The van der Waals surface area contributed by atoms with Crippen molar-refractivity contribution in [1.29, 1.82) is 0 Å². The van der Waals surface area contributed by atoms with Gasteiger partial charge in [0.2, 0.25) is 0 Å². The largest absolute Gasteiger partial charge is 0.495 e. The molecule has 5 nitrogen and oxygen atoms in total. The Morgan fingerprint density at radius 1 is 1.50 bits per heavy atom. The second-order valence-corrected chi connectivity index (χ2v) is 5.62. The standard InChI is InChI=1S/C14H15N3O2S/c1-19-12-6-9(4-5-10(12)15)13(18)17-14-16-11(7-20-14)8-2-3-8/h4-8H,2-3,15H2,1H3,(H,16,17,18). The molecule has 20 heavy (non-hydrogen) atoms. The van der Waals surface area contributed by atoms with E-state index in [1.54, 1.807) is 18.2 Å². The molecule has 1 saturated carbocycles. The highest BCUT2D eigenvalue weighted by molar-refractivity contribution is 7.14. The van der Waals surface area contributed by atoms with E-state index in [0.717, 1.165) is 5.69 Å². The molecule has 0 aliphatic heterocycles. The van der Waals surface area contributed by atoms with Gasteiger partial charge in [-0.15, -0.1) is 11.3 Å². The number of nitrogen functional groups attached to an aromatic ring is 1. The number of aromatic nitrogens is 1. The van der Waals surface area contributed by atoms with Crippen molar-refractivity contribution in [2.45, 2.75) is 18.8 Å². The Morgan fingerprint density at radius 2 is 2.30 bits per heavy atom. The number of hydrogen-bond donors (Lipinski definition) is 2. The minimum atomic E-state index is -0.208. The monoisotopic (exact) mass is 289 g/mol. The van der Waals surface area contributed by atoms with Crippen molar-refractivity contribution in [3.05, 3.63) is 34.8 Å². The first kappa shape index (κ1) is 12.9. The molecule has 1 amide bonds. The van der Waals surface area contributed by atoms with Gasteiger partial charge < -0.3 is 10.5 Å². The second-order valence-electron chi connectivity index (χ2n) is 4.76. The Labute approximate surface area is 120 Å². The fourth-order valence-electron chi connectivity index (χ4n) is 1.93. The zero-order valence-electron chi connectivity index (χ0n) is 11.1. The molecular formula is C14H15N3O2S. The van der Waals surface area contributed by atoms with Crippen molar-refractivity contribution in [2.75, 3.05) is 18.2 Å². The molecule has 1 aliphatic rings. The molecule has 0 saturated heterocycles. The molecule has 6 heteroatoms. The quantitative estimate of drug-likeness (QED) is 0.848. The zero-order chi connectivity index (χ0) is 14.1. The maximum atomic E-state index is 12.1. The van der Waals surface area contributed by atoms with Gasteiger partial charge in [-0.2, -0.15) is 0 Å². The lowest BCUT2D eigenvalue weighted by atomic mass is 10.2. The number of hydrogen-bond acceptors (Lipinski definition) is 5. The summed E-state index contributed by atoms with van der Waals surface area (Å²) in [6.45, 7) is 0. The number of methoxy groups -OCH3 is 1. The van der Waals surface area contributed by atoms with Crippen molar-refractivity contribution in [3.8, 4) is 5.75 Å². The summed E-state index contributed by atoms with van der Waals surface area (Å²) in [5.41, 5.74) is 7.82. The molecule has 1 aromatic carbocycles. The maximum Gasteiger partial charge on any atom is 0.257 e. The van der Waals surface area contributed by atoms with E-state index in [1.807, 2.05) is 5.38 Å². The Hall–Kier alpha value is -2.08. The number of nitrogens with one attached hydrogen (secondary N) is 1. The summed E-state index contributed by atoms with van der Waals surface area (Å²) in [5.74, 6) is 0.879. The van der Waals surface area contributed by atoms with Crippen molar-refractivity contribution in [1.82, 2.24) is 4.98 Å². The Balaban J connectivity index is 1.74. The molecule has 1 aromatic heterocycles. The number of anilines is 2. The topological polar surface area (TPSA) is 77.2 Å². The highest BCUT2D eigenvalue weighted by Crippen LogP contribution is 2.40. The summed E-state index contributed by atoms with van der Waals surface area (Å²) >= 11 is 1.45. The van der Waals surface area contributed by atoms with Gasteiger partial charge in [-0.3, -0.25) is 10.1 Å². The maximum absolute atomic E-state index is 12.1. The molecule has 0 radical (unpaired) electrons. The summed E-state index contributed by atoms with van der Waals surface area (Å²) in [6, 6.07) is 4.95. The van der Waals surface area contributed by atoms with E-state index in [-0.39, 0.29) is 5.91 Å². The molecule has 0 bridgehead atoms. The van der Waals surface area contributed by atoms with E-state index >= 15 is 0 Å². The van der Waals surface area contributed by atoms with E-state index < -0.39 is 0 Å². The first-order chi connectivity index (χ1) is 9.67. The average molecular weight is 289 g/mol. The van der Waals surface area contributed by atoms with Crippen LogP contribution in [0, 0.1) is 0 Å². The van der Waals surface area contributed by atoms with Crippen LogP contribution in [0.5, 0.6) is 5.75 Å². The van der Waals surface area contributed by atoms with Gasteiger partial charge >= 0.3 is 0 Å². The van der Waals surface area contributed by atoms with Gasteiger partial charge in [0.15, 0.2) is 5.13 Å². The van der Waals surface area contributed by atoms with Crippen molar-refractivity contribution in [3.63, 3.8) is 0 Å². The number of nitrogens with two attached hydrogens (primary N) is 1. The van der Waals surface area contributed by atoms with E-state index in [9.17, 15) is 4.79 Å². The minimum absolute atomic E-state index is 0.208. The SMILES string of the molecule is COc1cc(C(=O)Nc2nc(C3CC3)cs2)ccc1N. The highest BCUT2D eigenvalue weighted by Gasteiger charge is 2.26. The molecule has 3 rings (SSSR count). The fourth-order valence-corrected chi connectivity index (χ4v) is 2.72. The summed E-state index contributed by atoms with van der Waals surface area (Å²) in [4.78, 5) is 16.6. The predicted molar refractivity (Wildman–Crippen MR) is 79.4 cm³/mol. The molecule has 3 N–H and O–H groups in total. The lowest BCUT2D eigenvalue weighted by molar-refractivity contribution is 0.102. The van der Waals surface area contributed by atoms with E-state index in [1.165, 1.54) is 31.3 Å². The lowest BCUT2D eigenvalue weighted by Gasteiger charge is -2.07. The van der Waals surface area contributed by atoms with Gasteiger partial charge in [0.1, 0.15) is 5.75 Å². The number of carbonyl (C=O) groups is 1. The number of rotatable bonds is 4. The molecule has 1 heterocycles. The zero-order valence-corrected chi connectivity index (χ0v) is 11.9. The Kier molecular flexibility index (Phi) is 3.31. The highest BCUT2D eigenvalue weighted by atomic mass is 32.1. The van der Waals surface area contributed by atoms with Crippen LogP contribution in [0.2, 0.25) is 0 Å². The molecule has 104 valence electrons. The third kappa shape index (κ3) is 2.60. The van der Waals surface area contributed by atoms with E-state index in [0.29, 0.717) is 28.0 Å². The third-order valence-electron chi connectivity index (χ3n) is 3.23. The van der Waals surface area contributed by atoms with Crippen LogP contribution in [0.3, 0.4) is 0 Å². The molecule has 0 unspecified atom stereocenters. The molecule has 2 aromatic rings. The number of nitrogens with zero attached hydrogens (tertiary/aromatic N) is 1. The van der Waals surface area contributed by atoms with Crippen LogP contribution in [0.25, 0.3) is 0 Å². The third-order valence-corrected chi connectivity index (χ3v) is 4.01. The van der Waals surface area contributed by atoms with Crippen LogP contribution < -0.4 is 15.8 Å². The number of amides is 1. The number of thiazole rings is 1. The average Bonchev–Trinajstić information content (AvgIpc) is 3.20. The minimum Gasteiger partial charge on any atom is -0.495 e. The summed E-state index contributed by atoms with van der Waals surface area (Å²) < 4.78 is 5.11. The van der Waals surface area contributed by atoms with Gasteiger partial charge in [-0.25, -0.2) is 4.98 Å². The summed E-state index contributed by atoms with van der Waals surface area (Å²) in [6.07, 6.45) is 2.40. The normalized spacial score (nSPS) is 14.1. The smallest absolute Gasteiger partial charge is 0.257 e. The number of benzene rings is 1. The van der Waals surface area contributed by atoms with Gasteiger partial charge in [0, 0.05) is 16.9 Å². The van der Waals surface area contributed by atoms with Crippen LogP contribution in [0.1, 0.15) is 34.8 Å². The van der Waals surface area contributed by atoms with Crippen LogP contribution >= 0.6 is 11.3 Å². The van der Waals surface area contributed by atoms with Crippen molar-refractivity contribution < 1.29 is 9.53 Å². The van der Waals surface area contributed by atoms with E-state index in [2.05, 4.69) is 10.3 Å². The van der Waals surface area contributed by atoms with Gasteiger partial charge in [-0.05, 0) is 31.0 Å². The lowest BCUT2D eigenvalue weighted by Crippen LogP contribution is -2.12. The predicted octanol–water partition coefficient (Wildman–Crippen LogP) is 2.86. The van der Waals surface area contributed by atoms with Crippen LogP contribution in [-0.2, 0) is 0 Å². The molecule has 0 spiro atoms. The Morgan fingerprint density at radius 3 is 3.00 bits per heavy atom. The van der Waals surface area contributed by atoms with Crippen molar-refractivity contribution >= 4 is 28.1 Å². The van der Waals surface area contributed by atoms with Gasteiger partial charge in [0.05, 0.1) is 18.5 Å². The van der Waals surface area contributed by atoms with Crippen LogP contribution in [-0.4, -0.2) is 18.0 Å². The van der Waals surface area contributed by atoms with E-state index in [4.69, 9.17) is 10.5 Å². The van der Waals surface area contributed by atoms with Crippen molar-refractivity contribution in [2.24, 2.45) is 0 Å². The second kappa shape index (κ2) is 5.13. The molecule has 0 atom stereocenters. The molecule has 1 aliphatic carbocycles. The van der Waals surface area contributed by atoms with Gasteiger partial charge in [0.25, 0.3) is 5.91 Å². The molecule has 1 fully saturated rings. The Bertz CT molecular complexity index is 650. The van der Waals surface area contributed by atoms with Crippen LogP contribution in [0.4, 0.5) is 10.8 Å². The number of carbonyl (C=O) groups excluding carboxylic acids is 1. The fraction of sp³-hybridized carbons (Fsp3) is 0.286. The summed E-state index contributed by atoms with van der Waals surface area (Å²) in [7, 11) is 1.52. The van der Waals surface area contributed by atoms with Gasteiger partial charge in [-0.1, -0.05) is 0 Å². The number of ether oxygens (including phenoxy) is 1. The first-order valence-electron chi connectivity index (χ1n) is 6.37. The molecular weight excluding hydrogens is 274 g/mol.